The predicted molar refractivity (Wildman–Crippen MR) is 69.6 cm³/mol. The van der Waals surface area contributed by atoms with E-state index in [1.54, 1.807) is 12.0 Å². The minimum absolute atomic E-state index is 0.161. The number of rotatable bonds is 7. The highest BCUT2D eigenvalue weighted by molar-refractivity contribution is 5.40. The Kier molecular flexibility index (Phi) is 5.53. The number of aliphatic hydroxyl groups is 1. The third kappa shape index (κ3) is 4.68. The average molecular weight is 256 g/mol. The van der Waals surface area contributed by atoms with Crippen molar-refractivity contribution < 1.29 is 9.84 Å². The van der Waals surface area contributed by atoms with Crippen LogP contribution in [0.15, 0.2) is 0 Å². The van der Waals surface area contributed by atoms with Gasteiger partial charge in [0.15, 0.2) is 0 Å². The van der Waals surface area contributed by atoms with Gasteiger partial charge in [-0.15, -0.1) is 0 Å². The van der Waals surface area contributed by atoms with Crippen molar-refractivity contribution in [3.8, 4) is 0 Å². The number of hydrogen-bond donors (Lipinski definition) is 3. The summed E-state index contributed by atoms with van der Waals surface area (Å²) < 4.78 is 4.83. The van der Waals surface area contributed by atoms with Crippen LogP contribution in [0, 0.1) is 0 Å². The maximum atomic E-state index is 9.47. The fraction of sp³-hybridized carbons (Fsp3) is 0.700. The third-order valence-electron chi connectivity index (χ3n) is 2.16. The molecule has 18 heavy (non-hydrogen) atoms. The topological polar surface area (TPSA) is 109 Å². The molecular weight excluding hydrogens is 236 g/mol. The lowest BCUT2D eigenvalue weighted by Gasteiger charge is -2.13. The first kappa shape index (κ1) is 14.4. The highest BCUT2D eigenvalue weighted by Crippen LogP contribution is 2.09. The monoisotopic (exact) mass is 256 g/mol. The number of nitrogen functional groups attached to an aromatic ring is 1. The van der Waals surface area contributed by atoms with Gasteiger partial charge in [-0.05, 0) is 6.42 Å². The Morgan fingerprint density at radius 1 is 1.39 bits per heavy atom. The summed E-state index contributed by atoms with van der Waals surface area (Å²) in [6, 6.07) is 0. The fourth-order valence-corrected chi connectivity index (χ4v) is 1.29. The maximum Gasteiger partial charge on any atom is 0.231 e. The van der Waals surface area contributed by atoms with E-state index < -0.39 is 6.10 Å². The average Bonchev–Trinajstić information content (AvgIpc) is 2.28. The predicted octanol–water partition coefficient (Wildman–Crippen LogP) is -0.671. The molecule has 0 aromatic carbocycles. The normalized spacial score (nSPS) is 12.2. The molecule has 0 aliphatic carbocycles. The highest BCUT2D eigenvalue weighted by atomic mass is 16.5. The minimum atomic E-state index is -0.505. The number of ether oxygens (including phenoxy) is 1. The van der Waals surface area contributed by atoms with Crippen LogP contribution in [-0.4, -0.2) is 60.5 Å². The van der Waals surface area contributed by atoms with Gasteiger partial charge in [-0.3, -0.25) is 0 Å². The Balaban J connectivity index is 2.51. The number of aliphatic hydroxyl groups excluding tert-OH is 1. The summed E-state index contributed by atoms with van der Waals surface area (Å²) >= 11 is 0. The molecule has 0 bridgehead atoms. The quantitative estimate of drug-likeness (QED) is 0.589. The molecule has 0 spiro atoms. The van der Waals surface area contributed by atoms with Crippen molar-refractivity contribution in [2.24, 2.45) is 0 Å². The smallest absolute Gasteiger partial charge is 0.231 e. The van der Waals surface area contributed by atoms with Crippen LogP contribution in [0.5, 0.6) is 0 Å². The van der Waals surface area contributed by atoms with Crippen LogP contribution in [0.3, 0.4) is 0 Å². The zero-order valence-electron chi connectivity index (χ0n) is 10.9. The van der Waals surface area contributed by atoms with Gasteiger partial charge in [-0.2, -0.15) is 15.0 Å². The third-order valence-corrected chi connectivity index (χ3v) is 2.16. The molecular formula is C10H20N6O2. The molecule has 4 N–H and O–H groups in total. The van der Waals surface area contributed by atoms with Crippen molar-refractivity contribution in [3.05, 3.63) is 0 Å². The molecule has 0 saturated heterocycles. The molecule has 1 heterocycles. The van der Waals surface area contributed by atoms with Crippen molar-refractivity contribution in [3.63, 3.8) is 0 Å². The van der Waals surface area contributed by atoms with Crippen LogP contribution < -0.4 is 16.0 Å². The number of nitrogens with two attached hydrogens (primary N) is 1. The van der Waals surface area contributed by atoms with Crippen LogP contribution in [0.25, 0.3) is 0 Å². The molecule has 0 fully saturated rings. The fourth-order valence-electron chi connectivity index (χ4n) is 1.29. The molecule has 0 saturated carbocycles. The van der Waals surface area contributed by atoms with Gasteiger partial charge in [0.25, 0.3) is 0 Å². The SMILES string of the molecule is COCC(O)CCNc1nc(N)nc(N(C)C)n1. The Labute approximate surface area is 106 Å². The Bertz CT molecular complexity index is 373. The molecule has 8 heteroatoms. The van der Waals surface area contributed by atoms with Crippen molar-refractivity contribution in [2.75, 3.05) is 50.3 Å². The van der Waals surface area contributed by atoms with Gasteiger partial charge in [0.2, 0.25) is 17.8 Å². The summed E-state index contributed by atoms with van der Waals surface area (Å²) in [7, 11) is 5.19. The Morgan fingerprint density at radius 2 is 2.11 bits per heavy atom. The molecule has 0 radical (unpaired) electrons. The van der Waals surface area contributed by atoms with E-state index in [0.29, 0.717) is 31.5 Å². The number of hydrogen-bond acceptors (Lipinski definition) is 8. The summed E-state index contributed by atoms with van der Waals surface area (Å²) in [5.41, 5.74) is 5.58. The lowest BCUT2D eigenvalue weighted by atomic mass is 10.3. The van der Waals surface area contributed by atoms with Gasteiger partial charge < -0.3 is 25.8 Å². The van der Waals surface area contributed by atoms with E-state index in [4.69, 9.17) is 10.5 Å². The number of aromatic nitrogens is 3. The summed E-state index contributed by atoms with van der Waals surface area (Å²) in [6.07, 6.45) is 0.0338. The van der Waals surface area contributed by atoms with E-state index in [0.717, 1.165) is 0 Å². The molecule has 0 amide bonds. The van der Waals surface area contributed by atoms with Gasteiger partial charge in [0.1, 0.15) is 0 Å². The zero-order chi connectivity index (χ0) is 13.5. The van der Waals surface area contributed by atoms with E-state index in [-0.39, 0.29) is 5.95 Å². The lowest BCUT2D eigenvalue weighted by Crippen LogP contribution is -2.20. The molecule has 102 valence electrons. The van der Waals surface area contributed by atoms with Gasteiger partial charge >= 0.3 is 0 Å². The van der Waals surface area contributed by atoms with Crippen molar-refractivity contribution in [2.45, 2.75) is 12.5 Å². The van der Waals surface area contributed by atoms with Crippen LogP contribution in [-0.2, 0) is 4.74 Å². The van der Waals surface area contributed by atoms with Crippen LogP contribution in [0.2, 0.25) is 0 Å². The van der Waals surface area contributed by atoms with E-state index in [2.05, 4.69) is 20.3 Å². The molecule has 1 aromatic rings. The molecule has 0 aliphatic rings. The van der Waals surface area contributed by atoms with Crippen LogP contribution in [0.1, 0.15) is 6.42 Å². The molecule has 1 rings (SSSR count). The van der Waals surface area contributed by atoms with Gasteiger partial charge in [0, 0.05) is 27.7 Å². The maximum absolute atomic E-state index is 9.47. The molecule has 1 atom stereocenters. The number of methoxy groups -OCH3 is 1. The van der Waals surface area contributed by atoms with E-state index in [1.165, 1.54) is 0 Å². The van der Waals surface area contributed by atoms with Crippen molar-refractivity contribution in [1.82, 2.24) is 15.0 Å². The van der Waals surface area contributed by atoms with Gasteiger partial charge in [-0.1, -0.05) is 0 Å². The number of nitrogens with zero attached hydrogens (tertiary/aromatic N) is 4. The molecule has 0 aliphatic heterocycles. The van der Waals surface area contributed by atoms with Crippen LogP contribution >= 0.6 is 0 Å². The summed E-state index contributed by atoms with van der Waals surface area (Å²) in [5.74, 6) is 1.05. The summed E-state index contributed by atoms with van der Waals surface area (Å²) in [5, 5.41) is 12.5. The first-order valence-corrected chi connectivity index (χ1v) is 5.62. The van der Waals surface area contributed by atoms with Gasteiger partial charge in [0.05, 0.1) is 12.7 Å². The second kappa shape index (κ2) is 6.92. The lowest BCUT2D eigenvalue weighted by molar-refractivity contribution is 0.0615. The van der Waals surface area contributed by atoms with Crippen molar-refractivity contribution >= 4 is 17.8 Å². The minimum Gasteiger partial charge on any atom is -0.391 e. The highest BCUT2D eigenvalue weighted by Gasteiger charge is 2.07. The van der Waals surface area contributed by atoms with E-state index in [9.17, 15) is 5.11 Å². The first-order chi connectivity index (χ1) is 8.52. The Morgan fingerprint density at radius 3 is 2.72 bits per heavy atom. The second-order valence-corrected chi connectivity index (χ2v) is 4.04. The van der Waals surface area contributed by atoms with Crippen molar-refractivity contribution in [1.29, 1.82) is 0 Å². The molecule has 8 nitrogen and oxygen atoms in total. The largest absolute Gasteiger partial charge is 0.391 e. The second-order valence-electron chi connectivity index (χ2n) is 4.04. The van der Waals surface area contributed by atoms with Crippen LogP contribution in [0.4, 0.5) is 17.8 Å². The molecule has 1 unspecified atom stereocenters. The molecule has 1 aromatic heterocycles. The standard InChI is InChI=1S/C10H20N6O2/c1-16(2)10-14-8(11)13-9(15-10)12-5-4-7(17)6-18-3/h7,17H,4-6H2,1-3H3,(H3,11,12,13,14,15). The van der Waals surface area contributed by atoms with E-state index in [1.807, 2.05) is 14.1 Å². The van der Waals surface area contributed by atoms with Gasteiger partial charge in [-0.25, -0.2) is 0 Å². The number of anilines is 3. The summed E-state index contributed by atoms with van der Waals surface area (Å²) in [6.45, 7) is 0.838. The Hall–Kier alpha value is -1.67. The van der Waals surface area contributed by atoms with E-state index >= 15 is 0 Å². The zero-order valence-corrected chi connectivity index (χ0v) is 10.9. The number of nitrogens with one attached hydrogen (secondary N) is 1. The summed E-state index contributed by atoms with van der Waals surface area (Å²) in [4.78, 5) is 13.9. The first-order valence-electron chi connectivity index (χ1n) is 5.62.